The number of likely N-dealkylation sites (tertiary alicyclic amines) is 1. The maximum atomic E-state index is 12.1. The van der Waals surface area contributed by atoms with Crippen molar-refractivity contribution in [2.75, 3.05) is 26.2 Å². The van der Waals surface area contributed by atoms with Crippen LogP contribution in [0.5, 0.6) is 0 Å². The van der Waals surface area contributed by atoms with Gasteiger partial charge in [0.2, 0.25) is 5.91 Å². The number of carbonyl (C=O) groups is 1. The molecule has 0 aromatic rings. The third kappa shape index (κ3) is 3.68. The summed E-state index contributed by atoms with van der Waals surface area (Å²) >= 11 is 0. The predicted molar refractivity (Wildman–Crippen MR) is 73.1 cm³/mol. The molecule has 0 bridgehead atoms. The van der Waals surface area contributed by atoms with Gasteiger partial charge in [0.15, 0.2) is 0 Å². The molecule has 1 saturated heterocycles. The molecule has 2 rings (SSSR count). The highest BCUT2D eigenvalue weighted by atomic mass is 16.2. The van der Waals surface area contributed by atoms with Crippen LogP contribution in [0.2, 0.25) is 0 Å². The van der Waals surface area contributed by atoms with E-state index in [2.05, 4.69) is 16.3 Å². The van der Waals surface area contributed by atoms with Gasteiger partial charge in [0.1, 0.15) is 5.54 Å². The van der Waals surface area contributed by atoms with Crippen molar-refractivity contribution in [2.45, 2.75) is 38.1 Å². The number of hydrogen-bond acceptors (Lipinski definition) is 4. The van der Waals surface area contributed by atoms with Crippen LogP contribution in [-0.2, 0) is 4.79 Å². The van der Waals surface area contributed by atoms with Crippen molar-refractivity contribution in [3.8, 4) is 6.07 Å². The summed E-state index contributed by atoms with van der Waals surface area (Å²) in [6.45, 7) is 4.77. The number of rotatable bonds is 5. The summed E-state index contributed by atoms with van der Waals surface area (Å²) in [4.78, 5) is 14.2. The molecule has 3 N–H and O–H groups in total. The number of nitriles is 1. The molecule has 1 amide bonds. The summed E-state index contributed by atoms with van der Waals surface area (Å²) in [5.41, 5.74) is 5.02. The van der Waals surface area contributed by atoms with E-state index in [1.165, 1.54) is 0 Å². The summed E-state index contributed by atoms with van der Waals surface area (Å²) in [7, 11) is 0. The van der Waals surface area contributed by atoms with Crippen molar-refractivity contribution >= 4 is 5.91 Å². The van der Waals surface area contributed by atoms with Crippen molar-refractivity contribution in [1.29, 1.82) is 5.26 Å². The number of nitrogens with one attached hydrogen (secondary N) is 1. The number of nitrogens with two attached hydrogens (primary N) is 1. The summed E-state index contributed by atoms with van der Waals surface area (Å²) in [6.07, 6.45) is 4.35. The Morgan fingerprint density at radius 2 is 2.26 bits per heavy atom. The highest BCUT2D eigenvalue weighted by Crippen LogP contribution is 2.39. The van der Waals surface area contributed by atoms with Gasteiger partial charge in [0.05, 0.1) is 12.6 Å². The van der Waals surface area contributed by atoms with Crippen molar-refractivity contribution in [3.63, 3.8) is 0 Å². The predicted octanol–water partition coefficient (Wildman–Crippen LogP) is 0.466. The van der Waals surface area contributed by atoms with E-state index in [-0.39, 0.29) is 5.91 Å². The molecule has 1 aliphatic heterocycles. The van der Waals surface area contributed by atoms with E-state index < -0.39 is 5.54 Å². The number of hydrogen-bond donors (Lipinski definition) is 2. The molecule has 0 aromatic heterocycles. The van der Waals surface area contributed by atoms with Gasteiger partial charge in [0.25, 0.3) is 0 Å². The Bertz CT molecular complexity index is 374. The number of amides is 1. The molecule has 5 heteroatoms. The summed E-state index contributed by atoms with van der Waals surface area (Å²) in [6, 6.07) is 2.26. The Morgan fingerprint density at radius 1 is 1.53 bits per heavy atom. The first kappa shape index (κ1) is 14.3. The standard InChI is InChI=1S/C14H24N4O/c1-14(10-16,12-4-5-12)17-13(19)9-18-6-2-3-11(7-15)8-18/h11-12H,2-9,15H2,1H3,(H,17,19). The minimum absolute atomic E-state index is 0.0337. The Morgan fingerprint density at radius 3 is 2.84 bits per heavy atom. The molecule has 1 aliphatic carbocycles. The van der Waals surface area contributed by atoms with E-state index in [0.29, 0.717) is 24.9 Å². The van der Waals surface area contributed by atoms with Crippen molar-refractivity contribution < 1.29 is 4.79 Å². The van der Waals surface area contributed by atoms with Crippen LogP contribution in [0, 0.1) is 23.2 Å². The molecule has 0 radical (unpaired) electrons. The van der Waals surface area contributed by atoms with Crippen LogP contribution in [0.3, 0.4) is 0 Å². The van der Waals surface area contributed by atoms with E-state index in [9.17, 15) is 10.1 Å². The molecular formula is C14H24N4O. The van der Waals surface area contributed by atoms with E-state index in [4.69, 9.17) is 5.73 Å². The van der Waals surface area contributed by atoms with Crippen molar-refractivity contribution in [1.82, 2.24) is 10.2 Å². The number of nitrogens with zero attached hydrogens (tertiary/aromatic N) is 2. The van der Waals surface area contributed by atoms with Gasteiger partial charge in [-0.2, -0.15) is 5.26 Å². The summed E-state index contributed by atoms with van der Waals surface area (Å²) in [5, 5.41) is 12.1. The van der Waals surface area contributed by atoms with E-state index >= 15 is 0 Å². The largest absolute Gasteiger partial charge is 0.337 e. The second kappa shape index (κ2) is 5.89. The average molecular weight is 264 g/mol. The van der Waals surface area contributed by atoms with Gasteiger partial charge in [-0.25, -0.2) is 0 Å². The normalized spacial score (nSPS) is 27.3. The number of carbonyl (C=O) groups excluding carboxylic acids is 1. The van der Waals surface area contributed by atoms with Gasteiger partial charge in [-0.1, -0.05) is 0 Å². The highest BCUT2D eigenvalue weighted by Gasteiger charge is 2.43. The van der Waals surface area contributed by atoms with Gasteiger partial charge in [-0.3, -0.25) is 9.69 Å². The zero-order chi connectivity index (χ0) is 13.9. The fraction of sp³-hybridized carbons (Fsp3) is 0.857. The topological polar surface area (TPSA) is 82.2 Å². The third-order valence-corrected chi connectivity index (χ3v) is 4.33. The van der Waals surface area contributed by atoms with Crippen molar-refractivity contribution in [3.05, 3.63) is 0 Å². The van der Waals surface area contributed by atoms with Crippen LogP contribution < -0.4 is 11.1 Å². The van der Waals surface area contributed by atoms with E-state index in [1.54, 1.807) is 0 Å². The zero-order valence-electron chi connectivity index (χ0n) is 11.7. The first-order valence-corrected chi connectivity index (χ1v) is 7.22. The SMILES string of the molecule is CC(C#N)(NC(=O)CN1CCCC(CN)C1)C1CC1. The Kier molecular flexibility index (Phi) is 4.43. The quantitative estimate of drug-likeness (QED) is 0.756. The molecule has 1 heterocycles. The molecule has 19 heavy (non-hydrogen) atoms. The molecule has 2 atom stereocenters. The smallest absolute Gasteiger partial charge is 0.235 e. The summed E-state index contributed by atoms with van der Waals surface area (Å²) < 4.78 is 0. The molecule has 0 spiro atoms. The van der Waals surface area contributed by atoms with Gasteiger partial charge < -0.3 is 11.1 Å². The summed E-state index contributed by atoms with van der Waals surface area (Å²) in [5.74, 6) is 0.806. The van der Waals surface area contributed by atoms with Crippen LogP contribution in [-0.4, -0.2) is 42.5 Å². The number of piperidine rings is 1. The molecule has 5 nitrogen and oxygen atoms in total. The molecule has 0 aromatic carbocycles. The lowest BCUT2D eigenvalue weighted by molar-refractivity contribution is -0.124. The van der Waals surface area contributed by atoms with Crippen LogP contribution in [0.1, 0.15) is 32.6 Å². The maximum absolute atomic E-state index is 12.1. The molecular weight excluding hydrogens is 240 g/mol. The Hall–Kier alpha value is -1.12. The van der Waals surface area contributed by atoms with Crippen LogP contribution >= 0.6 is 0 Å². The fourth-order valence-corrected chi connectivity index (χ4v) is 2.90. The lowest BCUT2D eigenvalue weighted by Gasteiger charge is -2.32. The zero-order valence-corrected chi connectivity index (χ0v) is 11.7. The monoisotopic (exact) mass is 264 g/mol. The molecule has 2 unspecified atom stereocenters. The second-order valence-electron chi connectivity index (χ2n) is 6.12. The highest BCUT2D eigenvalue weighted by molar-refractivity contribution is 5.79. The third-order valence-electron chi connectivity index (χ3n) is 4.33. The van der Waals surface area contributed by atoms with Crippen molar-refractivity contribution in [2.24, 2.45) is 17.6 Å². The van der Waals surface area contributed by atoms with E-state index in [1.807, 2.05) is 6.92 Å². The van der Waals surface area contributed by atoms with Crippen LogP contribution in [0.25, 0.3) is 0 Å². The fourth-order valence-electron chi connectivity index (χ4n) is 2.90. The van der Waals surface area contributed by atoms with Gasteiger partial charge >= 0.3 is 0 Å². The minimum Gasteiger partial charge on any atom is -0.337 e. The average Bonchev–Trinajstić information content (AvgIpc) is 3.23. The maximum Gasteiger partial charge on any atom is 0.235 e. The van der Waals surface area contributed by atoms with Gasteiger partial charge in [-0.15, -0.1) is 0 Å². The minimum atomic E-state index is -0.680. The molecule has 106 valence electrons. The van der Waals surface area contributed by atoms with Crippen LogP contribution in [0.4, 0.5) is 0 Å². The second-order valence-corrected chi connectivity index (χ2v) is 6.12. The lowest BCUT2D eigenvalue weighted by atomic mass is 9.97. The van der Waals surface area contributed by atoms with Gasteiger partial charge in [0, 0.05) is 6.54 Å². The lowest BCUT2D eigenvalue weighted by Crippen LogP contribution is -2.51. The molecule has 2 fully saturated rings. The first-order valence-electron chi connectivity index (χ1n) is 7.22. The van der Waals surface area contributed by atoms with Gasteiger partial charge in [-0.05, 0) is 57.5 Å². The molecule has 1 saturated carbocycles. The van der Waals surface area contributed by atoms with Crippen LogP contribution in [0.15, 0.2) is 0 Å². The Labute approximate surface area is 115 Å². The Balaban J connectivity index is 1.82. The first-order chi connectivity index (χ1) is 9.07. The van der Waals surface area contributed by atoms with E-state index in [0.717, 1.165) is 38.8 Å². The molecule has 2 aliphatic rings.